The van der Waals surface area contributed by atoms with Crippen LogP contribution in [-0.2, 0) is 6.42 Å². The molecule has 1 nitrogen and oxygen atoms in total. The highest BCUT2D eigenvalue weighted by molar-refractivity contribution is 7.80. The molecule has 0 saturated carbocycles. The third-order valence-corrected chi connectivity index (χ3v) is 6.49. The lowest BCUT2D eigenvalue weighted by Gasteiger charge is -2.05. The second-order valence-corrected chi connectivity index (χ2v) is 7.47. The van der Waals surface area contributed by atoms with Crippen molar-refractivity contribution in [3.63, 3.8) is 0 Å². The predicted molar refractivity (Wildman–Crippen MR) is 94.3 cm³/mol. The first kappa shape index (κ1) is 14.4. The van der Waals surface area contributed by atoms with Crippen molar-refractivity contribution in [2.24, 2.45) is 0 Å². The molecule has 0 atom stereocenters. The van der Waals surface area contributed by atoms with Crippen molar-refractivity contribution in [2.45, 2.75) is 6.42 Å². The van der Waals surface area contributed by atoms with Gasteiger partial charge in [0.15, 0.2) is 0 Å². The summed E-state index contributed by atoms with van der Waals surface area (Å²) >= 11 is 5.52. The third kappa shape index (κ3) is 3.23. The number of hydrogen-bond acceptors (Lipinski definition) is 4. The highest BCUT2D eigenvalue weighted by atomic mass is 32.9. The zero-order valence-electron chi connectivity index (χ0n) is 11.5. The van der Waals surface area contributed by atoms with Gasteiger partial charge >= 0.3 is 0 Å². The molecular weight excluding hydrogens is 316 g/mol. The van der Waals surface area contributed by atoms with E-state index in [1.807, 2.05) is 18.2 Å². The van der Waals surface area contributed by atoms with Gasteiger partial charge in [0.05, 0.1) is 12.0 Å². The Labute approximate surface area is 136 Å². The third-order valence-electron chi connectivity index (χ3n) is 3.30. The average molecular weight is 330 g/mol. The maximum atomic E-state index is 5.52. The van der Waals surface area contributed by atoms with Gasteiger partial charge in [-0.1, -0.05) is 75.4 Å². The van der Waals surface area contributed by atoms with E-state index in [2.05, 4.69) is 36.4 Å². The molecule has 1 heterocycles. The Hall–Kier alpha value is -1.49. The van der Waals surface area contributed by atoms with Crippen LogP contribution in [0.3, 0.4) is 0 Å². The van der Waals surface area contributed by atoms with Gasteiger partial charge in [0.25, 0.3) is 0 Å². The van der Waals surface area contributed by atoms with Crippen LogP contribution in [0.15, 0.2) is 54.6 Å². The molecule has 0 unspecified atom stereocenters. The largest absolute Gasteiger partial charge is 0.497 e. The predicted octanol–water partition coefficient (Wildman–Crippen LogP) is 5.81. The summed E-state index contributed by atoms with van der Waals surface area (Å²) in [6, 6.07) is 18.7. The minimum atomic E-state index is 0.868. The fourth-order valence-corrected chi connectivity index (χ4v) is 5.10. The van der Waals surface area contributed by atoms with E-state index in [-0.39, 0.29) is 0 Å². The van der Waals surface area contributed by atoms with E-state index in [1.54, 1.807) is 27.8 Å². The zero-order chi connectivity index (χ0) is 14.7. The van der Waals surface area contributed by atoms with Crippen LogP contribution in [0.25, 0.3) is 10.4 Å². The molecular formula is C17H14OS3. The Morgan fingerprint density at radius 3 is 2.33 bits per heavy atom. The molecule has 0 spiro atoms. The first-order valence-electron chi connectivity index (χ1n) is 6.58. The van der Waals surface area contributed by atoms with Crippen molar-refractivity contribution in [1.82, 2.24) is 0 Å². The number of methoxy groups -OCH3 is 1. The van der Waals surface area contributed by atoms with Crippen molar-refractivity contribution in [2.75, 3.05) is 7.11 Å². The summed E-state index contributed by atoms with van der Waals surface area (Å²) in [7, 11) is 5.14. The lowest BCUT2D eigenvalue weighted by molar-refractivity contribution is 0.414. The van der Waals surface area contributed by atoms with Crippen molar-refractivity contribution in [3.8, 4) is 16.2 Å². The SMILES string of the molecule is COc1ccc(Cc2c(-c3ccccc3)ssc2=S)cc1. The minimum absolute atomic E-state index is 0.868. The van der Waals surface area contributed by atoms with Crippen LogP contribution in [0.2, 0.25) is 0 Å². The molecule has 0 bridgehead atoms. The summed E-state index contributed by atoms with van der Waals surface area (Å²) in [5.41, 5.74) is 3.76. The molecule has 1 aromatic heterocycles. The second kappa shape index (κ2) is 6.52. The molecule has 0 radical (unpaired) electrons. The van der Waals surface area contributed by atoms with Gasteiger partial charge in [0.1, 0.15) is 9.57 Å². The molecule has 21 heavy (non-hydrogen) atoms. The zero-order valence-corrected chi connectivity index (χ0v) is 14.0. The molecule has 0 N–H and O–H groups in total. The maximum absolute atomic E-state index is 5.52. The van der Waals surface area contributed by atoms with Crippen molar-refractivity contribution in [3.05, 3.63) is 69.5 Å². The standard InChI is InChI=1S/C17H14OS3/c1-18-14-9-7-12(8-10-14)11-15-16(20-21-17(15)19)13-5-3-2-4-6-13/h2-10H,11H2,1H3. The Bertz CT molecular complexity index is 770. The van der Waals surface area contributed by atoms with Gasteiger partial charge in [-0.25, -0.2) is 0 Å². The summed E-state index contributed by atoms with van der Waals surface area (Å²) in [4.78, 5) is 1.29. The first-order chi connectivity index (χ1) is 10.3. The topological polar surface area (TPSA) is 9.23 Å². The molecule has 4 heteroatoms. The van der Waals surface area contributed by atoms with E-state index in [4.69, 9.17) is 17.0 Å². The van der Waals surface area contributed by atoms with Crippen LogP contribution in [0, 0.1) is 3.82 Å². The lowest BCUT2D eigenvalue weighted by Crippen LogP contribution is -1.90. The van der Waals surface area contributed by atoms with Crippen LogP contribution < -0.4 is 4.74 Å². The first-order valence-corrected chi connectivity index (χ1v) is 9.14. The van der Waals surface area contributed by atoms with Crippen LogP contribution in [0.4, 0.5) is 0 Å². The summed E-state index contributed by atoms with van der Waals surface area (Å²) in [6.07, 6.45) is 0.868. The molecule has 0 saturated heterocycles. The van der Waals surface area contributed by atoms with Gasteiger partial charge in [-0.05, 0) is 23.3 Å². The molecule has 106 valence electrons. The summed E-state index contributed by atoms with van der Waals surface area (Å²) in [6.45, 7) is 0. The van der Waals surface area contributed by atoms with E-state index in [9.17, 15) is 0 Å². The quantitative estimate of drug-likeness (QED) is 0.441. The van der Waals surface area contributed by atoms with Crippen LogP contribution >= 0.6 is 32.9 Å². The monoisotopic (exact) mass is 330 g/mol. The number of ether oxygens (including phenoxy) is 1. The molecule has 2 aromatic carbocycles. The fraction of sp³-hybridized carbons (Fsp3) is 0.118. The van der Waals surface area contributed by atoms with E-state index < -0.39 is 0 Å². The highest BCUT2D eigenvalue weighted by Gasteiger charge is 2.11. The van der Waals surface area contributed by atoms with Crippen molar-refractivity contribution < 1.29 is 4.74 Å². The molecule has 0 fully saturated rings. The van der Waals surface area contributed by atoms with Gasteiger partial charge in [-0.3, -0.25) is 0 Å². The van der Waals surface area contributed by atoms with E-state index >= 15 is 0 Å². The Morgan fingerprint density at radius 1 is 0.952 bits per heavy atom. The Balaban J connectivity index is 1.95. The number of benzene rings is 2. The van der Waals surface area contributed by atoms with Crippen molar-refractivity contribution in [1.29, 1.82) is 0 Å². The fourth-order valence-electron chi connectivity index (χ4n) is 2.18. The lowest BCUT2D eigenvalue weighted by atomic mass is 10.0. The van der Waals surface area contributed by atoms with Crippen LogP contribution in [0.1, 0.15) is 11.1 Å². The normalized spacial score (nSPS) is 10.5. The van der Waals surface area contributed by atoms with Gasteiger partial charge < -0.3 is 4.74 Å². The second-order valence-electron chi connectivity index (χ2n) is 4.65. The van der Waals surface area contributed by atoms with Crippen LogP contribution in [-0.4, -0.2) is 7.11 Å². The van der Waals surface area contributed by atoms with Crippen LogP contribution in [0.5, 0.6) is 5.75 Å². The highest BCUT2D eigenvalue weighted by Crippen LogP contribution is 2.35. The van der Waals surface area contributed by atoms with Gasteiger partial charge in [-0.15, -0.1) is 0 Å². The molecule has 0 aliphatic carbocycles. The summed E-state index contributed by atoms with van der Waals surface area (Å²) < 4.78 is 6.20. The van der Waals surface area contributed by atoms with Gasteiger partial charge in [0, 0.05) is 12.0 Å². The summed E-state index contributed by atoms with van der Waals surface area (Å²) in [5, 5.41) is 0. The molecule has 0 amide bonds. The smallest absolute Gasteiger partial charge is 0.118 e. The van der Waals surface area contributed by atoms with E-state index in [0.717, 1.165) is 16.0 Å². The van der Waals surface area contributed by atoms with Crippen molar-refractivity contribution >= 4 is 32.9 Å². The summed E-state index contributed by atoms with van der Waals surface area (Å²) in [5.74, 6) is 0.883. The van der Waals surface area contributed by atoms with E-state index in [0.29, 0.717) is 0 Å². The molecule has 0 aliphatic heterocycles. The molecule has 3 aromatic rings. The Morgan fingerprint density at radius 2 is 1.67 bits per heavy atom. The maximum Gasteiger partial charge on any atom is 0.118 e. The van der Waals surface area contributed by atoms with E-state index in [1.165, 1.54) is 21.6 Å². The Kier molecular flexibility index (Phi) is 4.48. The molecule has 3 rings (SSSR count). The minimum Gasteiger partial charge on any atom is -0.497 e. The van der Waals surface area contributed by atoms with Gasteiger partial charge in [-0.2, -0.15) is 0 Å². The number of rotatable bonds is 4. The number of hydrogen-bond donors (Lipinski definition) is 0. The van der Waals surface area contributed by atoms with Gasteiger partial charge in [0.2, 0.25) is 0 Å². The molecule has 0 aliphatic rings. The average Bonchev–Trinajstić information content (AvgIpc) is 2.90.